The maximum atomic E-state index is 5.77. The van der Waals surface area contributed by atoms with E-state index in [0.29, 0.717) is 6.71 Å². The molecule has 0 aromatic heterocycles. The molecule has 94 valence electrons. The lowest BCUT2D eigenvalue weighted by Gasteiger charge is -2.07. The van der Waals surface area contributed by atoms with Crippen LogP contribution in [0.3, 0.4) is 0 Å². The molecule has 0 atom stereocenters. The minimum Gasteiger partial charge on any atom is -0.457 e. The van der Waals surface area contributed by atoms with Crippen molar-refractivity contribution in [2.75, 3.05) is 0 Å². The molecule has 0 N–H and O–H groups in total. The normalized spacial score (nSPS) is 9.50. The van der Waals surface area contributed by atoms with Gasteiger partial charge in [0.05, 0.1) is 0 Å². The molecule has 0 amide bonds. The van der Waals surface area contributed by atoms with E-state index in [2.05, 4.69) is 44.8 Å². The molecule has 2 aromatic carbocycles. The third kappa shape index (κ3) is 3.66. The largest absolute Gasteiger partial charge is 0.457 e. The van der Waals surface area contributed by atoms with Gasteiger partial charge in [-0.2, -0.15) is 0 Å². The highest BCUT2D eigenvalue weighted by molar-refractivity contribution is 6.70. The van der Waals surface area contributed by atoms with Gasteiger partial charge in [0.2, 0.25) is 0 Å². The van der Waals surface area contributed by atoms with Crippen LogP contribution >= 0.6 is 0 Å². The second-order valence-electron chi connectivity index (χ2n) is 4.64. The number of hydrogen-bond donors (Lipinski definition) is 0. The average Bonchev–Trinajstić information content (AvgIpc) is 2.33. The highest BCUT2D eigenvalue weighted by Crippen LogP contribution is 2.20. The predicted molar refractivity (Wildman–Crippen MR) is 81.5 cm³/mol. The minimum absolute atomic E-state index is 0. The third-order valence-corrected chi connectivity index (χ3v) is 2.80. The first kappa shape index (κ1) is 14.4. The lowest BCUT2D eigenvalue weighted by Crippen LogP contribution is -2.21. The Balaban J connectivity index is 0.00000162. The van der Waals surface area contributed by atoms with Crippen molar-refractivity contribution < 1.29 is 4.74 Å². The summed E-state index contributed by atoms with van der Waals surface area (Å²) in [6.07, 6.45) is 0. The maximum absolute atomic E-state index is 5.77. The second-order valence-corrected chi connectivity index (χ2v) is 4.64. The fourth-order valence-electron chi connectivity index (χ4n) is 1.66. The summed E-state index contributed by atoms with van der Waals surface area (Å²) in [5, 5.41) is 0. The molecule has 0 saturated heterocycles. The zero-order valence-electron chi connectivity index (χ0n) is 10.6. The van der Waals surface area contributed by atoms with Crippen molar-refractivity contribution in [2.45, 2.75) is 28.0 Å². The predicted octanol–water partition coefficient (Wildman–Crippen LogP) is 4.38. The summed E-state index contributed by atoms with van der Waals surface area (Å²) in [6.45, 7) is 7.01. The van der Waals surface area contributed by atoms with Gasteiger partial charge in [-0.3, -0.25) is 0 Å². The van der Waals surface area contributed by atoms with Crippen molar-refractivity contribution in [3.8, 4) is 11.5 Å². The van der Waals surface area contributed by atoms with Gasteiger partial charge in [0.1, 0.15) is 11.5 Å². The van der Waals surface area contributed by atoms with Gasteiger partial charge < -0.3 is 4.74 Å². The Bertz CT molecular complexity index is 471. The van der Waals surface area contributed by atoms with Crippen molar-refractivity contribution >= 4 is 12.2 Å². The van der Waals surface area contributed by atoms with Crippen LogP contribution in [-0.4, -0.2) is 6.71 Å². The van der Waals surface area contributed by atoms with Crippen LogP contribution in [0.15, 0.2) is 48.5 Å². The molecular formula is C16H21BO. The third-order valence-electron chi connectivity index (χ3n) is 2.80. The highest BCUT2D eigenvalue weighted by Gasteiger charge is 2.03. The van der Waals surface area contributed by atoms with Crippen molar-refractivity contribution in [1.29, 1.82) is 0 Å². The second kappa shape index (κ2) is 6.30. The molecule has 18 heavy (non-hydrogen) atoms. The van der Waals surface area contributed by atoms with Crippen LogP contribution in [0.2, 0.25) is 13.6 Å². The molecule has 0 unspecified atom stereocenters. The Kier molecular flexibility index (Phi) is 5.02. The Morgan fingerprint density at radius 2 is 1.22 bits per heavy atom. The molecule has 0 aliphatic carbocycles. The highest BCUT2D eigenvalue weighted by atomic mass is 16.5. The van der Waals surface area contributed by atoms with Crippen LogP contribution in [0.25, 0.3) is 0 Å². The molecule has 0 bridgehead atoms. The van der Waals surface area contributed by atoms with Gasteiger partial charge in [-0.25, -0.2) is 0 Å². The van der Waals surface area contributed by atoms with Crippen LogP contribution in [0.5, 0.6) is 11.5 Å². The number of ether oxygens (including phenoxy) is 1. The SMILES string of the molecule is C.CB(C)c1ccc(Oc2ccc(C)cc2)cc1. The van der Waals surface area contributed by atoms with E-state index in [0.717, 1.165) is 11.5 Å². The number of rotatable bonds is 3. The molecule has 0 fully saturated rings. The zero-order valence-corrected chi connectivity index (χ0v) is 10.6. The van der Waals surface area contributed by atoms with Gasteiger partial charge in [0.25, 0.3) is 0 Å². The van der Waals surface area contributed by atoms with E-state index in [1.807, 2.05) is 24.3 Å². The van der Waals surface area contributed by atoms with E-state index in [-0.39, 0.29) is 7.43 Å². The van der Waals surface area contributed by atoms with Gasteiger partial charge in [-0.1, -0.05) is 56.4 Å². The van der Waals surface area contributed by atoms with Gasteiger partial charge in [0, 0.05) is 0 Å². The summed E-state index contributed by atoms with van der Waals surface area (Å²) in [5.74, 6) is 1.77. The molecule has 0 spiro atoms. The maximum Gasteiger partial charge on any atom is 0.169 e. The van der Waals surface area contributed by atoms with Crippen LogP contribution in [0.4, 0.5) is 0 Å². The number of aryl methyl sites for hydroxylation is 1. The van der Waals surface area contributed by atoms with E-state index in [1.165, 1.54) is 11.0 Å². The summed E-state index contributed by atoms with van der Waals surface area (Å²) in [6, 6.07) is 16.4. The van der Waals surface area contributed by atoms with E-state index in [4.69, 9.17) is 4.74 Å². The van der Waals surface area contributed by atoms with E-state index < -0.39 is 0 Å². The van der Waals surface area contributed by atoms with Gasteiger partial charge >= 0.3 is 0 Å². The summed E-state index contributed by atoms with van der Waals surface area (Å²) in [5.41, 5.74) is 2.58. The molecule has 2 rings (SSSR count). The average molecular weight is 240 g/mol. The zero-order chi connectivity index (χ0) is 12.3. The molecule has 2 heteroatoms. The summed E-state index contributed by atoms with van der Waals surface area (Å²) in [7, 11) is 0. The smallest absolute Gasteiger partial charge is 0.169 e. The Morgan fingerprint density at radius 3 is 1.67 bits per heavy atom. The summed E-state index contributed by atoms with van der Waals surface area (Å²) >= 11 is 0. The van der Waals surface area contributed by atoms with Crippen molar-refractivity contribution in [2.24, 2.45) is 0 Å². The Labute approximate surface area is 111 Å². The molecule has 2 aromatic rings. The molecule has 0 saturated carbocycles. The standard InChI is InChI=1S/C15H17BO.CH4/c1-12-4-8-14(9-5-12)17-15-10-6-13(7-11-15)16(2)3;/h4-11H,1-3H3;1H4. The molecule has 1 nitrogen and oxygen atoms in total. The first-order valence-corrected chi connectivity index (χ1v) is 5.99. The molecule has 0 heterocycles. The van der Waals surface area contributed by atoms with Crippen molar-refractivity contribution in [1.82, 2.24) is 0 Å². The van der Waals surface area contributed by atoms with E-state index in [9.17, 15) is 0 Å². The van der Waals surface area contributed by atoms with Crippen LogP contribution in [-0.2, 0) is 0 Å². The summed E-state index contributed by atoms with van der Waals surface area (Å²) in [4.78, 5) is 0. The monoisotopic (exact) mass is 240 g/mol. The van der Waals surface area contributed by atoms with Crippen LogP contribution in [0.1, 0.15) is 13.0 Å². The Hall–Kier alpha value is -1.70. The van der Waals surface area contributed by atoms with Gasteiger partial charge in [-0.05, 0) is 31.2 Å². The first-order chi connectivity index (χ1) is 8.15. The number of hydrogen-bond acceptors (Lipinski definition) is 1. The lowest BCUT2D eigenvalue weighted by atomic mass is 9.49. The fraction of sp³-hybridized carbons (Fsp3) is 0.250. The van der Waals surface area contributed by atoms with Gasteiger partial charge in [-0.15, -0.1) is 0 Å². The molecular weight excluding hydrogens is 219 g/mol. The first-order valence-electron chi connectivity index (χ1n) is 5.99. The van der Waals surface area contributed by atoms with Gasteiger partial charge in [0.15, 0.2) is 6.71 Å². The van der Waals surface area contributed by atoms with Crippen LogP contribution in [0, 0.1) is 6.92 Å². The van der Waals surface area contributed by atoms with Crippen molar-refractivity contribution in [3.05, 3.63) is 54.1 Å². The minimum atomic E-state index is 0. The number of benzene rings is 2. The van der Waals surface area contributed by atoms with Crippen LogP contribution < -0.4 is 10.2 Å². The lowest BCUT2D eigenvalue weighted by molar-refractivity contribution is 0.482. The summed E-state index contributed by atoms with van der Waals surface area (Å²) < 4.78 is 5.77. The molecule has 0 aliphatic heterocycles. The topological polar surface area (TPSA) is 9.23 Å². The van der Waals surface area contributed by atoms with E-state index >= 15 is 0 Å². The van der Waals surface area contributed by atoms with Crippen molar-refractivity contribution in [3.63, 3.8) is 0 Å². The molecule has 0 aliphatic rings. The van der Waals surface area contributed by atoms with E-state index in [1.54, 1.807) is 0 Å². The Morgan fingerprint density at radius 1 is 0.778 bits per heavy atom. The fourth-order valence-corrected chi connectivity index (χ4v) is 1.66. The molecule has 0 radical (unpaired) electrons. The quantitative estimate of drug-likeness (QED) is 0.723.